The lowest BCUT2D eigenvalue weighted by Gasteiger charge is -2.08. The summed E-state index contributed by atoms with van der Waals surface area (Å²) in [5, 5.41) is 9.44. The predicted octanol–water partition coefficient (Wildman–Crippen LogP) is 10.7. The number of hydrogen-bond acceptors (Lipinski definition) is 4. The minimum absolute atomic E-state index is 0.936. The van der Waals surface area contributed by atoms with Crippen molar-refractivity contribution in [3.8, 4) is 21.3 Å². The average molecular weight is 501 g/mol. The van der Waals surface area contributed by atoms with Crippen LogP contribution in [0.15, 0.2) is 93.8 Å². The van der Waals surface area contributed by atoms with Gasteiger partial charge < -0.3 is 8.83 Å². The molecule has 4 heteroatoms. The second kappa shape index (κ2) is 7.33. The van der Waals surface area contributed by atoms with Gasteiger partial charge in [-0.25, -0.2) is 0 Å². The molecule has 0 amide bonds. The van der Waals surface area contributed by atoms with E-state index in [1.54, 1.807) is 22.7 Å². The van der Waals surface area contributed by atoms with Crippen molar-refractivity contribution in [1.82, 2.24) is 0 Å². The fraction of sp³-hybridized carbons (Fsp3) is 0.0625. The largest absolute Gasteiger partial charge is 0.455 e. The van der Waals surface area contributed by atoms with Crippen LogP contribution in [0.1, 0.15) is 9.75 Å². The number of fused-ring (bicyclic) bond motifs is 9. The van der Waals surface area contributed by atoms with Crippen LogP contribution < -0.4 is 0 Å². The Hall–Kier alpha value is -3.86. The summed E-state index contributed by atoms with van der Waals surface area (Å²) >= 11 is 3.53. The molecule has 8 aromatic rings. The molecule has 0 unspecified atom stereocenters. The SMILES string of the molecule is Cc1ccc(-c2cc3ccc4c5ccc6c(ccc7cc(-c8ccc(C)s8)oc76)c5ccc4c3o2)s1. The van der Waals surface area contributed by atoms with E-state index in [-0.39, 0.29) is 0 Å². The van der Waals surface area contributed by atoms with Gasteiger partial charge in [0.1, 0.15) is 22.7 Å². The maximum atomic E-state index is 6.42. The Labute approximate surface area is 215 Å². The van der Waals surface area contributed by atoms with Crippen LogP contribution in [0.4, 0.5) is 0 Å². The molecule has 0 N–H and O–H groups in total. The van der Waals surface area contributed by atoms with Crippen molar-refractivity contribution in [3.63, 3.8) is 0 Å². The standard InChI is InChI=1S/C32H20O2S2/c1-17-3-13-29(35-17)27-15-19-5-7-23-21-10-12-26-24(22(21)9-11-25(23)31(19)33-27)8-6-20-16-28(34-32(20)26)30-14-4-18(2)36-30/h3-16H,1-2H3. The molecule has 172 valence electrons. The molecule has 8 rings (SSSR count). The molecule has 0 fully saturated rings. The topological polar surface area (TPSA) is 26.3 Å². The molecule has 4 aromatic heterocycles. The van der Waals surface area contributed by atoms with Gasteiger partial charge in [0.25, 0.3) is 0 Å². The van der Waals surface area contributed by atoms with Gasteiger partial charge in [-0.1, -0.05) is 36.4 Å². The first-order valence-electron chi connectivity index (χ1n) is 12.0. The molecule has 0 aliphatic heterocycles. The zero-order chi connectivity index (χ0) is 24.0. The van der Waals surface area contributed by atoms with Gasteiger partial charge in [-0.15, -0.1) is 22.7 Å². The summed E-state index contributed by atoms with van der Waals surface area (Å²) in [4.78, 5) is 4.92. The maximum absolute atomic E-state index is 6.42. The molecular weight excluding hydrogens is 480 g/mol. The van der Waals surface area contributed by atoms with Crippen LogP contribution >= 0.6 is 22.7 Å². The third kappa shape index (κ3) is 2.89. The van der Waals surface area contributed by atoms with Crippen molar-refractivity contribution in [2.75, 3.05) is 0 Å². The first-order valence-corrected chi connectivity index (χ1v) is 13.6. The van der Waals surface area contributed by atoms with Gasteiger partial charge in [0.15, 0.2) is 0 Å². The Morgan fingerprint density at radius 1 is 0.444 bits per heavy atom. The summed E-state index contributed by atoms with van der Waals surface area (Å²) < 4.78 is 12.8. The third-order valence-electron chi connectivity index (χ3n) is 7.12. The summed E-state index contributed by atoms with van der Waals surface area (Å²) in [6.45, 7) is 4.26. The van der Waals surface area contributed by atoms with E-state index in [4.69, 9.17) is 8.83 Å². The molecule has 0 aliphatic rings. The Morgan fingerprint density at radius 2 is 0.833 bits per heavy atom. The minimum atomic E-state index is 0.936. The van der Waals surface area contributed by atoms with E-state index in [0.717, 1.165) is 44.2 Å². The van der Waals surface area contributed by atoms with Crippen LogP contribution in [0.5, 0.6) is 0 Å². The van der Waals surface area contributed by atoms with E-state index in [1.165, 1.54) is 41.1 Å². The highest BCUT2D eigenvalue weighted by Gasteiger charge is 2.15. The fourth-order valence-corrected chi connectivity index (χ4v) is 7.05. The molecule has 4 heterocycles. The lowest BCUT2D eigenvalue weighted by molar-refractivity contribution is 0.636. The number of furan rings is 2. The van der Waals surface area contributed by atoms with Crippen molar-refractivity contribution in [1.29, 1.82) is 0 Å². The molecule has 4 aromatic carbocycles. The lowest BCUT2D eigenvalue weighted by atomic mass is 9.95. The quantitative estimate of drug-likeness (QED) is 0.221. The maximum Gasteiger partial charge on any atom is 0.145 e. The minimum Gasteiger partial charge on any atom is -0.455 e. The van der Waals surface area contributed by atoms with E-state index < -0.39 is 0 Å². The van der Waals surface area contributed by atoms with Crippen molar-refractivity contribution in [2.24, 2.45) is 0 Å². The highest BCUT2D eigenvalue weighted by Crippen LogP contribution is 2.41. The van der Waals surface area contributed by atoms with Gasteiger partial charge >= 0.3 is 0 Å². The first kappa shape index (κ1) is 20.3. The Morgan fingerprint density at radius 3 is 1.25 bits per heavy atom. The number of hydrogen-bond donors (Lipinski definition) is 0. The van der Waals surface area contributed by atoms with Gasteiger partial charge in [-0.2, -0.15) is 0 Å². The Kier molecular flexibility index (Phi) is 4.14. The average Bonchev–Trinajstić information content (AvgIpc) is 3.68. The van der Waals surface area contributed by atoms with Crippen molar-refractivity contribution in [2.45, 2.75) is 13.8 Å². The molecule has 2 nitrogen and oxygen atoms in total. The Bertz CT molecular complexity index is 1980. The highest BCUT2D eigenvalue weighted by atomic mass is 32.1. The molecule has 0 saturated heterocycles. The third-order valence-corrected chi connectivity index (χ3v) is 9.15. The monoisotopic (exact) mass is 500 g/mol. The summed E-state index contributed by atoms with van der Waals surface area (Å²) in [5.41, 5.74) is 1.90. The van der Waals surface area contributed by atoms with Crippen molar-refractivity contribution in [3.05, 3.63) is 94.7 Å². The van der Waals surface area contributed by atoms with E-state index in [2.05, 4.69) is 98.8 Å². The highest BCUT2D eigenvalue weighted by molar-refractivity contribution is 7.15. The van der Waals surface area contributed by atoms with E-state index in [1.807, 2.05) is 0 Å². The van der Waals surface area contributed by atoms with Crippen LogP contribution in [0.3, 0.4) is 0 Å². The van der Waals surface area contributed by atoms with Crippen LogP contribution in [0, 0.1) is 13.8 Å². The summed E-state index contributed by atoms with van der Waals surface area (Å²) in [7, 11) is 0. The molecule has 0 atom stereocenters. The molecule has 0 radical (unpaired) electrons. The molecular formula is C32H20O2S2. The molecule has 0 saturated carbocycles. The van der Waals surface area contributed by atoms with Gasteiger partial charge in [-0.05, 0) is 83.9 Å². The summed E-state index contributed by atoms with van der Waals surface area (Å²) in [5.74, 6) is 1.87. The molecule has 0 spiro atoms. The van der Waals surface area contributed by atoms with Crippen LogP contribution in [-0.4, -0.2) is 0 Å². The van der Waals surface area contributed by atoms with Gasteiger partial charge in [0.2, 0.25) is 0 Å². The lowest BCUT2D eigenvalue weighted by Crippen LogP contribution is -1.82. The second-order valence-electron chi connectivity index (χ2n) is 9.43. The predicted molar refractivity (Wildman–Crippen MR) is 155 cm³/mol. The number of aryl methyl sites for hydroxylation is 2. The van der Waals surface area contributed by atoms with Crippen LogP contribution in [0.2, 0.25) is 0 Å². The zero-order valence-corrected chi connectivity index (χ0v) is 21.3. The van der Waals surface area contributed by atoms with Crippen molar-refractivity contribution >= 4 is 76.9 Å². The fourth-order valence-electron chi connectivity index (χ4n) is 5.41. The van der Waals surface area contributed by atoms with Crippen molar-refractivity contribution < 1.29 is 8.83 Å². The number of rotatable bonds is 2. The normalized spacial score (nSPS) is 12.2. The molecule has 0 aliphatic carbocycles. The van der Waals surface area contributed by atoms with E-state index >= 15 is 0 Å². The van der Waals surface area contributed by atoms with Gasteiger partial charge in [-0.3, -0.25) is 0 Å². The van der Waals surface area contributed by atoms with Gasteiger partial charge in [0, 0.05) is 31.3 Å². The van der Waals surface area contributed by atoms with E-state index in [9.17, 15) is 0 Å². The smallest absolute Gasteiger partial charge is 0.145 e. The molecule has 0 bridgehead atoms. The first-order chi connectivity index (χ1) is 17.6. The Balaban J connectivity index is 1.35. The number of benzene rings is 4. The summed E-state index contributed by atoms with van der Waals surface area (Å²) in [6, 6.07) is 30.6. The van der Waals surface area contributed by atoms with E-state index in [0.29, 0.717) is 0 Å². The number of thiophene rings is 2. The van der Waals surface area contributed by atoms with Crippen LogP contribution in [0.25, 0.3) is 75.5 Å². The zero-order valence-electron chi connectivity index (χ0n) is 19.7. The van der Waals surface area contributed by atoms with Crippen LogP contribution in [-0.2, 0) is 0 Å². The van der Waals surface area contributed by atoms with Gasteiger partial charge in [0.05, 0.1) is 9.75 Å². The second-order valence-corrected chi connectivity index (χ2v) is 12.0. The molecule has 36 heavy (non-hydrogen) atoms. The summed E-state index contributed by atoms with van der Waals surface area (Å²) in [6.07, 6.45) is 0.